The number of likely N-dealkylation sites (N-methyl/N-ethyl adjacent to an activating group) is 1. The van der Waals surface area contributed by atoms with Crippen LogP contribution in [0.15, 0.2) is 60.7 Å². The topological polar surface area (TPSA) is 82.1 Å². The maximum atomic E-state index is 12.8. The number of esters is 2. The first-order valence-corrected chi connectivity index (χ1v) is 13.0. The van der Waals surface area contributed by atoms with Crippen LogP contribution in [0.3, 0.4) is 0 Å². The van der Waals surface area contributed by atoms with Crippen molar-refractivity contribution in [2.24, 2.45) is 0 Å². The maximum Gasteiger partial charge on any atom is 0.343 e. The van der Waals surface area contributed by atoms with Crippen molar-refractivity contribution < 1.29 is 33.4 Å². The Morgan fingerprint density at radius 2 is 1.26 bits per heavy atom. The summed E-state index contributed by atoms with van der Waals surface area (Å²) in [5.41, 5.74) is 3.38. The van der Waals surface area contributed by atoms with Crippen molar-refractivity contribution in [1.82, 2.24) is 0 Å². The van der Waals surface area contributed by atoms with Crippen LogP contribution in [0.25, 0.3) is 0 Å². The summed E-state index contributed by atoms with van der Waals surface area (Å²) in [6.45, 7) is 8.93. The number of piperidine rings is 1. The smallest absolute Gasteiger partial charge is 0.343 e. The van der Waals surface area contributed by atoms with Crippen molar-refractivity contribution in [3.05, 3.63) is 88.5 Å². The summed E-state index contributed by atoms with van der Waals surface area (Å²) < 4.78 is 18.0. The molecule has 0 aliphatic carbocycles. The fourth-order valence-corrected chi connectivity index (χ4v) is 4.47. The van der Waals surface area contributed by atoms with Crippen molar-refractivity contribution >= 4 is 11.9 Å². The van der Waals surface area contributed by atoms with E-state index in [0.717, 1.165) is 53.6 Å². The molecule has 1 N–H and O–H groups in total. The Kier molecular flexibility index (Phi) is 8.49. The quantitative estimate of drug-likeness (QED) is 0.256. The highest BCUT2D eigenvalue weighted by atomic mass is 16.5. The molecule has 1 aliphatic rings. The number of likely N-dealkylation sites (tertiary alicyclic amines) is 1. The number of nitrogens with zero attached hydrogens (tertiary/aromatic N) is 1. The first kappa shape index (κ1) is 27.4. The Hall–Kier alpha value is -3.68. The number of quaternary nitrogens is 1. The first-order chi connectivity index (χ1) is 18.1. The zero-order valence-corrected chi connectivity index (χ0v) is 22.5. The third kappa shape index (κ3) is 6.79. The normalized spacial score (nSPS) is 19.0. The predicted molar refractivity (Wildman–Crippen MR) is 145 cm³/mol. The molecule has 3 aromatic rings. The molecule has 200 valence electrons. The second-order valence-corrected chi connectivity index (χ2v) is 10.4. The molecule has 7 nitrogen and oxygen atoms in total. The SMILES string of the molecule is Cc1ccc(C(=O)Oc2ccc(OC(=O)c3ccc(OCC[N+]4(C)CCC(O)CC4)cc3)c(C)c2C)cc1. The molecule has 1 aliphatic heterocycles. The van der Waals surface area contributed by atoms with E-state index in [0.29, 0.717) is 35.0 Å². The Morgan fingerprint density at radius 3 is 1.76 bits per heavy atom. The lowest BCUT2D eigenvalue weighted by molar-refractivity contribution is -0.915. The van der Waals surface area contributed by atoms with Gasteiger partial charge in [-0.05, 0) is 80.4 Å². The van der Waals surface area contributed by atoms with Gasteiger partial charge in [0.1, 0.15) is 30.4 Å². The van der Waals surface area contributed by atoms with Crippen molar-refractivity contribution in [2.45, 2.75) is 39.7 Å². The lowest BCUT2D eigenvalue weighted by Crippen LogP contribution is -2.52. The summed E-state index contributed by atoms with van der Waals surface area (Å²) in [4.78, 5) is 25.3. The van der Waals surface area contributed by atoms with Crippen LogP contribution in [-0.4, -0.2) is 60.9 Å². The molecule has 4 rings (SSSR count). The Morgan fingerprint density at radius 1 is 0.789 bits per heavy atom. The second-order valence-electron chi connectivity index (χ2n) is 10.4. The average Bonchev–Trinajstić information content (AvgIpc) is 2.91. The molecular formula is C31H36NO6+. The summed E-state index contributed by atoms with van der Waals surface area (Å²) in [5.74, 6) is 0.605. The van der Waals surface area contributed by atoms with Gasteiger partial charge in [0.25, 0.3) is 0 Å². The van der Waals surface area contributed by atoms with Gasteiger partial charge in [-0.15, -0.1) is 0 Å². The van der Waals surface area contributed by atoms with Gasteiger partial charge in [0.15, 0.2) is 0 Å². The lowest BCUT2D eigenvalue weighted by Gasteiger charge is -2.39. The van der Waals surface area contributed by atoms with Crippen molar-refractivity contribution in [3.8, 4) is 17.2 Å². The van der Waals surface area contributed by atoms with E-state index >= 15 is 0 Å². The molecule has 1 fully saturated rings. The minimum absolute atomic E-state index is 0.179. The Balaban J connectivity index is 1.32. The Bertz CT molecular complexity index is 1270. The van der Waals surface area contributed by atoms with Crippen LogP contribution in [0.4, 0.5) is 0 Å². The van der Waals surface area contributed by atoms with Gasteiger partial charge in [-0.1, -0.05) is 17.7 Å². The molecule has 0 saturated carbocycles. The molecule has 0 unspecified atom stereocenters. The predicted octanol–water partition coefficient (Wildman–Crippen LogP) is 5.03. The van der Waals surface area contributed by atoms with Gasteiger partial charge in [0.2, 0.25) is 0 Å². The molecule has 7 heteroatoms. The summed E-state index contributed by atoms with van der Waals surface area (Å²) in [7, 11) is 2.19. The van der Waals surface area contributed by atoms with E-state index in [1.807, 2.05) is 32.9 Å². The highest BCUT2D eigenvalue weighted by Gasteiger charge is 2.28. The number of aliphatic hydroxyl groups excluding tert-OH is 1. The molecule has 3 aromatic carbocycles. The van der Waals surface area contributed by atoms with E-state index in [-0.39, 0.29) is 6.10 Å². The fourth-order valence-electron chi connectivity index (χ4n) is 4.47. The van der Waals surface area contributed by atoms with E-state index in [1.165, 1.54) is 0 Å². The number of hydrogen-bond donors (Lipinski definition) is 1. The molecule has 1 heterocycles. The van der Waals surface area contributed by atoms with Crippen LogP contribution in [0.5, 0.6) is 17.2 Å². The Labute approximate surface area is 224 Å². The lowest BCUT2D eigenvalue weighted by atomic mass is 10.1. The van der Waals surface area contributed by atoms with Gasteiger partial charge in [-0.2, -0.15) is 0 Å². The summed E-state index contributed by atoms with van der Waals surface area (Å²) in [6.07, 6.45) is 1.47. The van der Waals surface area contributed by atoms with Gasteiger partial charge in [-0.25, -0.2) is 9.59 Å². The largest absolute Gasteiger partial charge is 0.488 e. The van der Waals surface area contributed by atoms with Crippen molar-refractivity contribution in [1.29, 1.82) is 0 Å². The van der Waals surface area contributed by atoms with Crippen LogP contribution in [0.1, 0.15) is 50.2 Å². The fraction of sp³-hybridized carbons (Fsp3) is 0.355. The van der Waals surface area contributed by atoms with Crippen molar-refractivity contribution in [3.63, 3.8) is 0 Å². The van der Waals surface area contributed by atoms with Crippen LogP contribution >= 0.6 is 0 Å². The van der Waals surface area contributed by atoms with Crippen molar-refractivity contribution in [2.75, 3.05) is 33.3 Å². The third-order valence-electron chi connectivity index (χ3n) is 7.37. The zero-order valence-electron chi connectivity index (χ0n) is 22.5. The van der Waals surface area contributed by atoms with Crippen LogP contribution in [0.2, 0.25) is 0 Å². The zero-order chi connectivity index (χ0) is 27.3. The number of rotatable bonds is 8. The highest BCUT2D eigenvalue weighted by molar-refractivity contribution is 5.92. The van der Waals surface area contributed by atoms with E-state index in [2.05, 4.69) is 7.05 Å². The number of aliphatic hydroxyl groups is 1. The standard InChI is InChI=1S/C31H36NO6/c1-21-5-7-24(8-6-21)30(34)37-28-13-14-29(23(3)22(28)2)38-31(35)25-9-11-27(12-10-25)36-20-19-32(4)17-15-26(33)16-18-32/h5-14,26,33H,15-20H2,1-4H3/q+1. The van der Waals surface area contributed by atoms with Crippen LogP contribution < -0.4 is 14.2 Å². The molecule has 0 atom stereocenters. The first-order valence-electron chi connectivity index (χ1n) is 13.0. The van der Waals surface area contributed by atoms with E-state index < -0.39 is 11.9 Å². The molecule has 0 bridgehead atoms. The number of carbonyl (C=O) groups is 2. The van der Waals surface area contributed by atoms with Gasteiger partial charge < -0.3 is 23.8 Å². The molecule has 0 amide bonds. The maximum absolute atomic E-state index is 12.8. The van der Waals surface area contributed by atoms with Gasteiger partial charge in [0.05, 0.1) is 37.4 Å². The monoisotopic (exact) mass is 518 g/mol. The van der Waals surface area contributed by atoms with Gasteiger partial charge in [0, 0.05) is 12.8 Å². The summed E-state index contributed by atoms with van der Waals surface area (Å²) in [6, 6.07) is 17.4. The van der Waals surface area contributed by atoms with Crippen LogP contribution in [0, 0.1) is 20.8 Å². The minimum atomic E-state index is -0.478. The van der Waals surface area contributed by atoms with Crippen LogP contribution in [-0.2, 0) is 0 Å². The summed E-state index contributed by atoms with van der Waals surface area (Å²) in [5, 5.41) is 9.73. The second kappa shape index (κ2) is 11.8. The number of aryl methyl sites for hydroxylation is 1. The number of ether oxygens (including phenoxy) is 3. The summed E-state index contributed by atoms with van der Waals surface area (Å²) >= 11 is 0. The average molecular weight is 519 g/mol. The molecule has 0 spiro atoms. The van der Waals surface area contributed by atoms with Gasteiger partial charge >= 0.3 is 11.9 Å². The van der Waals surface area contributed by atoms with E-state index in [1.54, 1.807) is 48.5 Å². The molecule has 0 radical (unpaired) electrons. The highest BCUT2D eigenvalue weighted by Crippen LogP contribution is 2.30. The number of hydrogen-bond acceptors (Lipinski definition) is 6. The third-order valence-corrected chi connectivity index (χ3v) is 7.37. The molecule has 38 heavy (non-hydrogen) atoms. The molecule has 0 aromatic heterocycles. The molecular weight excluding hydrogens is 482 g/mol. The molecule has 1 saturated heterocycles. The van der Waals surface area contributed by atoms with E-state index in [4.69, 9.17) is 14.2 Å². The minimum Gasteiger partial charge on any atom is -0.488 e. The number of carbonyl (C=O) groups excluding carboxylic acids is 2. The van der Waals surface area contributed by atoms with Gasteiger partial charge in [-0.3, -0.25) is 0 Å². The number of benzene rings is 3. The van der Waals surface area contributed by atoms with E-state index in [9.17, 15) is 14.7 Å².